The largest absolute Gasteiger partial charge is 2.00 e. The first-order valence-corrected chi connectivity index (χ1v) is 10.3. The molecular weight excluding hydrogens is 378 g/mol. The van der Waals surface area contributed by atoms with Crippen LogP contribution in [0.15, 0.2) is 36.4 Å². The molecule has 0 saturated carbocycles. The van der Waals surface area contributed by atoms with Crippen LogP contribution >= 0.6 is 0 Å². The molecule has 0 nitrogen and oxygen atoms in total. The summed E-state index contributed by atoms with van der Waals surface area (Å²) in [7, 11) is 0. The van der Waals surface area contributed by atoms with E-state index in [2.05, 4.69) is 106 Å². The Balaban J connectivity index is 0.000000483. The summed E-state index contributed by atoms with van der Waals surface area (Å²) in [4.78, 5) is 0. The standard InChI is InChI=1S/2C13H21.Zn/c2*1-10(2)9-13(4,5)12-7-6-11(3)8-12;/h2*6-8,10H,9H2,1-5H3;/q2*-1;+2. The van der Waals surface area contributed by atoms with Gasteiger partial charge in [0.1, 0.15) is 0 Å². The van der Waals surface area contributed by atoms with Gasteiger partial charge in [0.2, 0.25) is 0 Å². The topological polar surface area (TPSA) is 0 Å². The van der Waals surface area contributed by atoms with Crippen LogP contribution in [0.4, 0.5) is 0 Å². The molecule has 0 amide bonds. The third-order valence-corrected chi connectivity index (χ3v) is 5.22. The average molecular weight is 420 g/mol. The van der Waals surface area contributed by atoms with Crippen molar-refractivity contribution in [3.63, 3.8) is 0 Å². The molecule has 0 aliphatic rings. The van der Waals surface area contributed by atoms with Crippen LogP contribution in [-0.2, 0) is 30.3 Å². The smallest absolute Gasteiger partial charge is 0.210 e. The molecule has 0 fully saturated rings. The predicted molar refractivity (Wildman–Crippen MR) is 119 cm³/mol. The van der Waals surface area contributed by atoms with Gasteiger partial charge in [-0.1, -0.05) is 92.9 Å². The van der Waals surface area contributed by atoms with Gasteiger partial charge in [-0.15, -0.1) is 0 Å². The maximum Gasteiger partial charge on any atom is 2.00 e. The summed E-state index contributed by atoms with van der Waals surface area (Å²) in [5.74, 6) is 1.54. The fourth-order valence-electron chi connectivity index (χ4n) is 4.24. The monoisotopic (exact) mass is 418 g/mol. The summed E-state index contributed by atoms with van der Waals surface area (Å²) in [6.07, 6.45) is 2.52. The van der Waals surface area contributed by atoms with Gasteiger partial charge in [-0.3, -0.25) is 0 Å². The molecule has 0 N–H and O–H groups in total. The molecule has 0 radical (unpaired) electrons. The number of hydrogen-bond donors (Lipinski definition) is 0. The Hall–Kier alpha value is -0.677. The Labute approximate surface area is 182 Å². The van der Waals surface area contributed by atoms with Gasteiger partial charge in [0, 0.05) is 0 Å². The third kappa shape index (κ3) is 8.91. The average Bonchev–Trinajstić information content (AvgIpc) is 3.06. The second-order valence-corrected chi connectivity index (χ2v) is 10.3. The molecule has 2 aromatic rings. The summed E-state index contributed by atoms with van der Waals surface area (Å²) in [6.45, 7) is 22.8. The molecule has 0 heterocycles. The molecule has 0 aromatic heterocycles. The minimum atomic E-state index is 0. The predicted octanol–water partition coefficient (Wildman–Crippen LogP) is 8.07. The van der Waals surface area contributed by atoms with E-state index in [0.717, 1.165) is 11.8 Å². The molecule has 0 saturated heterocycles. The van der Waals surface area contributed by atoms with Gasteiger partial charge >= 0.3 is 19.5 Å². The maximum atomic E-state index is 2.34. The molecule has 2 rings (SSSR count). The maximum absolute atomic E-state index is 2.34. The van der Waals surface area contributed by atoms with Crippen LogP contribution in [0.2, 0.25) is 0 Å². The van der Waals surface area contributed by atoms with Crippen molar-refractivity contribution < 1.29 is 19.5 Å². The Bertz CT molecular complexity index is 591. The van der Waals surface area contributed by atoms with E-state index in [0.29, 0.717) is 10.8 Å². The van der Waals surface area contributed by atoms with Crippen molar-refractivity contribution >= 4 is 0 Å². The van der Waals surface area contributed by atoms with Gasteiger partial charge in [-0.25, -0.2) is 12.1 Å². The van der Waals surface area contributed by atoms with Crippen LogP contribution in [0.5, 0.6) is 0 Å². The van der Waals surface area contributed by atoms with E-state index in [1.54, 1.807) is 0 Å². The van der Waals surface area contributed by atoms with E-state index < -0.39 is 0 Å². The van der Waals surface area contributed by atoms with Crippen molar-refractivity contribution in [2.45, 2.75) is 92.9 Å². The molecule has 0 spiro atoms. The van der Waals surface area contributed by atoms with Gasteiger partial charge in [0.05, 0.1) is 0 Å². The zero-order chi connectivity index (χ0) is 20.1. The Kier molecular flexibility index (Phi) is 10.5. The van der Waals surface area contributed by atoms with E-state index in [1.165, 1.54) is 35.1 Å². The molecule has 2 aromatic carbocycles. The van der Waals surface area contributed by atoms with E-state index in [4.69, 9.17) is 0 Å². The van der Waals surface area contributed by atoms with Gasteiger partial charge in [-0.05, 0) is 11.8 Å². The second-order valence-electron chi connectivity index (χ2n) is 10.3. The van der Waals surface area contributed by atoms with Gasteiger partial charge < -0.3 is 0 Å². The first-order valence-electron chi connectivity index (χ1n) is 10.3. The normalized spacial score (nSPS) is 12.0. The van der Waals surface area contributed by atoms with Crippen LogP contribution in [-0.4, -0.2) is 0 Å². The van der Waals surface area contributed by atoms with Gasteiger partial charge in [0.25, 0.3) is 0 Å². The summed E-state index contributed by atoms with van der Waals surface area (Å²) in [5.41, 5.74) is 6.40. The van der Waals surface area contributed by atoms with Gasteiger partial charge in [0.15, 0.2) is 0 Å². The van der Waals surface area contributed by atoms with Crippen molar-refractivity contribution in [1.29, 1.82) is 0 Å². The molecule has 0 bridgehead atoms. The van der Waals surface area contributed by atoms with E-state index in [-0.39, 0.29) is 19.5 Å². The van der Waals surface area contributed by atoms with Crippen molar-refractivity contribution in [3.05, 3.63) is 58.7 Å². The van der Waals surface area contributed by atoms with E-state index >= 15 is 0 Å². The minimum absolute atomic E-state index is 0. The zero-order valence-corrected chi connectivity index (χ0v) is 22.7. The number of rotatable bonds is 6. The number of aryl methyl sites for hydroxylation is 2. The van der Waals surface area contributed by atoms with Crippen LogP contribution in [0.1, 0.15) is 90.5 Å². The van der Waals surface area contributed by atoms with Gasteiger partial charge in [-0.2, -0.15) is 46.5 Å². The van der Waals surface area contributed by atoms with Crippen LogP contribution in [0, 0.1) is 25.7 Å². The SMILES string of the molecule is C[c-]1ccc(C(C)(C)CC(C)C)c1.C[c-]1ccc(C(C)(C)CC(C)C)c1.[Zn+2]. The van der Waals surface area contributed by atoms with Crippen molar-refractivity contribution in [1.82, 2.24) is 0 Å². The summed E-state index contributed by atoms with van der Waals surface area (Å²) < 4.78 is 0. The van der Waals surface area contributed by atoms with Crippen molar-refractivity contribution in [3.8, 4) is 0 Å². The quantitative estimate of drug-likeness (QED) is 0.328. The second kappa shape index (κ2) is 10.8. The molecule has 27 heavy (non-hydrogen) atoms. The Morgan fingerprint density at radius 1 is 0.704 bits per heavy atom. The molecular formula is C26H42Zn. The van der Waals surface area contributed by atoms with Crippen LogP contribution in [0.3, 0.4) is 0 Å². The molecule has 0 atom stereocenters. The fourth-order valence-corrected chi connectivity index (χ4v) is 4.24. The summed E-state index contributed by atoms with van der Waals surface area (Å²) in [5, 5.41) is 0. The molecule has 0 aliphatic carbocycles. The zero-order valence-electron chi connectivity index (χ0n) is 19.7. The van der Waals surface area contributed by atoms with Crippen molar-refractivity contribution in [2.75, 3.05) is 0 Å². The molecule has 148 valence electrons. The first kappa shape index (κ1) is 26.3. The third-order valence-electron chi connectivity index (χ3n) is 5.22. The summed E-state index contributed by atoms with van der Waals surface area (Å²) in [6, 6.07) is 13.6. The first-order chi connectivity index (χ1) is 11.8. The van der Waals surface area contributed by atoms with E-state index in [9.17, 15) is 0 Å². The Morgan fingerprint density at radius 2 is 1.00 bits per heavy atom. The molecule has 0 aliphatic heterocycles. The van der Waals surface area contributed by atoms with E-state index in [1.807, 2.05) is 0 Å². The van der Waals surface area contributed by atoms with Crippen LogP contribution < -0.4 is 0 Å². The molecule has 0 unspecified atom stereocenters. The number of hydrogen-bond acceptors (Lipinski definition) is 0. The van der Waals surface area contributed by atoms with Crippen molar-refractivity contribution in [2.24, 2.45) is 11.8 Å². The summed E-state index contributed by atoms with van der Waals surface area (Å²) >= 11 is 0. The minimum Gasteiger partial charge on any atom is -0.210 e. The van der Waals surface area contributed by atoms with Crippen LogP contribution in [0.25, 0.3) is 0 Å². The fraction of sp³-hybridized carbons (Fsp3) is 0.615. The Morgan fingerprint density at radius 3 is 1.19 bits per heavy atom. The molecule has 1 heteroatoms.